The summed E-state index contributed by atoms with van der Waals surface area (Å²) < 4.78 is 11.8. The molecule has 1 aliphatic rings. The molecule has 3 aromatic carbocycles. The average molecular weight is 660 g/mol. The second-order valence-electron chi connectivity index (χ2n) is 8.62. The van der Waals surface area contributed by atoms with Crippen molar-refractivity contribution in [3.8, 4) is 11.5 Å². The first-order valence-corrected chi connectivity index (χ1v) is 13.1. The van der Waals surface area contributed by atoms with Crippen molar-refractivity contribution in [2.24, 2.45) is 0 Å². The van der Waals surface area contributed by atoms with Crippen LogP contribution in [0.4, 0.5) is 16.2 Å². The first kappa shape index (κ1) is 28.1. The summed E-state index contributed by atoms with van der Waals surface area (Å²) in [4.78, 5) is 51.5. The summed E-state index contributed by atoms with van der Waals surface area (Å²) in [5.74, 6) is -1.34. The minimum atomic E-state index is -0.862. The lowest BCUT2D eigenvalue weighted by molar-refractivity contribution is -0.122. The normalized spacial score (nSPS) is 14.3. The van der Waals surface area contributed by atoms with Gasteiger partial charge in [0.05, 0.1) is 16.4 Å². The molecule has 0 saturated carbocycles. The third-order valence-electron chi connectivity index (χ3n) is 5.75. The lowest BCUT2D eigenvalue weighted by Gasteiger charge is -2.26. The monoisotopic (exact) mass is 659 g/mol. The zero-order chi connectivity index (χ0) is 28.3. The molecule has 1 aliphatic heterocycles. The molecule has 0 radical (unpaired) electrons. The van der Waals surface area contributed by atoms with E-state index in [1.54, 1.807) is 12.1 Å². The van der Waals surface area contributed by atoms with Crippen LogP contribution >= 0.6 is 34.2 Å². The van der Waals surface area contributed by atoms with Crippen LogP contribution in [0.25, 0.3) is 6.08 Å². The van der Waals surface area contributed by atoms with Gasteiger partial charge in [0.1, 0.15) is 5.57 Å². The number of hydrogen-bond acceptors (Lipinski definition) is 6. The quantitative estimate of drug-likeness (QED) is 0.204. The van der Waals surface area contributed by atoms with E-state index in [0.717, 1.165) is 16.0 Å². The third kappa shape index (κ3) is 6.40. The Morgan fingerprint density at radius 3 is 2.46 bits per heavy atom. The van der Waals surface area contributed by atoms with Crippen molar-refractivity contribution in [2.45, 2.75) is 13.8 Å². The predicted molar refractivity (Wildman–Crippen MR) is 156 cm³/mol. The number of hydrogen-bond donors (Lipinski definition) is 2. The second kappa shape index (κ2) is 11.9. The summed E-state index contributed by atoms with van der Waals surface area (Å²) in [7, 11) is 1.43. The van der Waals surface area contributed by atoms with Crippen LogP contribution in [0.15, 0.2) is 60.2 Å². The number of aryl methyl sites for hydroxylation is 2. The van der Waals surface area contributed by atoms with Gasteiger partial charge in [0, 0.05) is 10.7 Å². The van der Waals surface area contributed by atoms with Gasteiger partial charge >= 0.3 is 6.03 Å². The van der Waals surface area contributed by atoms with E-state index in [9.17, 15) is 19.2 Å². The highest BCUT2D eigenvalue weighted by molar-refractivity contribution is 14.1. The van der Waals surface area contributed by atoms with Gasteiger partial charge in [-0.25, -0.2) is 9.69 Å². The highest BCUT2D eigenvalue weighted by Gasteiger charge is 2.36. The molecule has 0 aromatic heterocycles. The Labute approximate surface area is 243 Å². The maximum absolute atomic E-state index is 13.2. The number of imide groups is 2. The standard InChI is InChI=1S/C28H23ClIN3O6/c1-15-4-9-22(16(2)10-15)31-24(34)14-39-25-21(30)12-17(13-23(25)38-3)11-20-26(35)32-28(37)33(27(20)36)19-7-5-18(29)6-8-19/h4-13H,14H2,1-3H3,(H,31,34)(H,32,35,37)/b20-11-. The maximum Gasteiger partial charge on any atom is 0.335 e. The number of benzene rings is 3. The molecule has 39 heavy (non-hydrogen) atoms. The van der Waals surface area contributed by atoms with Crippen molar-refractivity contribution in [3.63, 3.8) is 0 Å². The Morgan fingerprint density at radius 1 is 1.08 bits per heavy atom. The Balaban J connectivity index is 1.55. The SMILES string of the molecule is COc1cc(/C=C2/C(=O)NC(=O)N(c3ccc(Cl)cc3)C2=O)cc(I)c1OCC(=O)Nc1ccc(C)cc1C. The molecule has 0 atom stereocenters. The zero-order valence-electron chi connectivity index (χ0n) is 21.1. The van der Waals surface area contributed by atoms with E-state index < -0.39 is 17.8 Å². The fourth-order valence-corrected chi connectivity index (χ4v) is 4.80. The number of carbonyl (C=O) groups excluding carboxylic acids is 4. The number of amides is 5. The topological polar surface area (TPSA) is 114 Å². The van der Waals surface area contributed by atoms with Gasteiger partial charge in [-0.15, -0.1) is 0 Å². The Morgan fingerprint density at radius 2 is 1.79 bits per heavy atom. The number of carbonyl (C=O) groups is 4. The molecule has 4 rings (SSSR count). The highest BCUT2D eigenvalue weighted by Crippen LogP contribution is 2.35. The number of barbiturate groups is 1. The molecule has 1 saturated heterocycles. The molecule has 2 N–H and O–H groups in total. The fourth-order valence-electron chi connectivity index (χ4n) is 3.89. The first-order chi connectivity index (χ1) is 18.6. The summed E-state index contributed by atoms with van der Waals surface area (Å²) in [5.41, 5.74) is 3.18. The van der Waals surface area contributed by atoms with Crippen molar-refractivity contribution >= 4 is 75.4 Å². The van der Waals surface area contributed by atoms with Gasteiger partial charge in [-0.05, 0) is 96.1 Å². The van der Waals surface area contributed by atoms with Crippen LogP contribution in [0.3, 0.4) is 0 Å². The minimum Gasteiger partial charge on any atom is -0.493 e. The second-order valence-corrected chi connectivity index (χ2v) is 10.2. The predicted octanol–water partition coefficient (Wildman–Crippen LogP) is 5.25. The van der Waals surface area contributed by atoms with E-state index in [2.05, 4.69) is 10.6 Å². The van der Waals surface area contributed by atoms with E-state index in [1.807, 2.05) is 54.6 Å². The van der Waals surface area contributed by atoms with Crippen LogP contribution in [-0.2, 0) is 14.4 Å². The van der Waals surface area contributed by atoms with Crippen molar-refractivity contribution in [2.75, 3.05) is 23.9 Å². The molecular weight excluding hydrogens is 637 g/mol. The molecule has 200 valence electrons. The molecule has 11 heteroatoms. The van der Waals surface area contributed by atoms with E-state index in [1.165, 1.54) is 37.5 Å². The first-order valence-electron chi connectivity index (χ1n) is 11.6. The Kier molecular flexibility index (Phi) is 8.56. The number of urea groups is 1. The summed E-state index contributed by atoms with van der Waals surface area (Å²) in [6.07, 6.45) is 1.36. The molecule has 5 amide bonds. The van der Waals surface area contributed by atoms with Gasteiger partial charge < -0.3 is 14.8 Å². The molecule has 3 aromatic rings. The third-order valence-corrected chi connectivity index (χ3v) is 6.81. The molecular formula is C28H23ClIN3O6. The van der Waals surface area contributed by atoms with E-state index >= 15 is 0 Å². The number of rotatable bonds is 7. The van der Waals surface area contributed by atoms with Gasteiger partial charge in [0.15, 0.2) is 18.1 Å². The molecule has 0 spiro atoms. The van der Waals surface area contributed by atoms with Gasteiger partial charge in [0.25, 0.3) is 17.7 Å². The lowest BCUT2D eigenvalue weighted by atomic mass is 10.1. The van der Waals surface area contributed by atoms with Gasteiger partial charge in [-0.2, -0.15) is 0 Å². The largest absolute Gasteiger partial charge is 0.493 e. The zero-order valence-corrected chi connectivity index (χ0v) is 24.0. The smallest absolute Gasteiger partial charge is 0.335 e. The highest BCUT2D eigenvalue weighted by atomic mass is 127. The van der Waals surface area contributed by atoms with E-state index in [0.29, 0.717) is 31.3 Å². The number of ether oxygens (including phenoxy) is 2. The van der Waals surface area contributed by atoms with Crippen LogP contribution in [-0.4, -0.2) is 37.5 Å². The number of methoxy groups -OCH3 is 1. The number of halogens is 2. The van der Waals surface area contributed by atoms with Gasteiger partial charge in [-0.1, -0.05) is 29.3 Å². The van der Waals surface area contributed by atoms with Crippen molar-refractivity contribution in [1.29, 1.82) is 0 Å². The molecule has 1 heterocycles. The van der Waals surface area contributed by atoms with Crippen LogP contribution in [0.5, 0.6) is 11.5 Å². The van der Waals surface area contributed by atoms with Crippen molar-refractivity contribution in [3.05, 3.63) is 85.5 Å². The summed E-state index contributed by atoms with van der Waals surface area (Å²) in [6.45, 7) is 3.62. The van der Waals surface area contributed by atoms with Gasteiger partial charge in [-0.3, -0.25) is 19.7 Å². The molecule has 9 nitrogen and oxygen atoms in total. The average Bonchev–Trinajstić information content (AvgIpc) is 2.88. The van der Waals surface area contributed by atoms with Crippen LogP contribution in [0, 0.1) is 17.4 Å². The molecule has 0 aliphatic carbocycles. The summed E-state index contributed by atoms with van der Waals surface area (Å²) >= 11 is 7.92. The number of anilines is 2. The Hall–Kier alpha value is -3.90. The van der Waals surface area contributed by atoms with Gasteiger partial charge in [0.2, 0.25) is 0 Å². The maximum atomic E-state index is 13.2. The van der Waals surface area contributed by atoms with Crippen LogP contribution < -0.4 is 25.0 Å². The molecule has 1 fully saturated rings. The van der Waals surface area contributed by atoms with Crippen molar-refractivity contribution in [1.82, 2.24) is 5.32 Å². The number of nitrogens with zero attached hydrogens (tertiary/aromatic N) is 1. The minimum absolute atomic E-state index is 0.246. The fraction of sp³-hybridized carbons (Fsp3) is 0.143. The summed E-state index contributed by atoms with van der Waals surface area (Å²) in [5, 5.41) is 5.44. The number of nitrogens with one attached hydrogen (secondary N) is 2. The Bertz CT molecular complexity index is 1520. The van der Waals surface area contributed by atoms with Crippen molar-refractivity contribution < 1.29 is 28.7 Å². The van der Waals surface area contributed by atoms with E-state index in [-0.39, 0.29) is 23.8 Å². The van der Waals surface area contributed by atoms with Crippen LogP contribution in [0.2, 0.25) is 5.02 Å². The molecule has 0 unspecified atom stereocenters. The lowest BCUT2D eigenvalue weighted by Crippen LogP contribution is -2.54. The van der Waals surface area contributed by atoms with Crippen LogP contribution in [0.1, 0.15) is 16.7 Å². The molecule has 0 bridgehead atoms. The van der Waals surface area contributed by atoms with E-state index in [4.69, 9.17) is 21.1 Å². The summed E-state index contributed by atoms with van der Waals surface area (Å²) in [6, 6.07) is 14.1.